The van der Waals surface area contributed by atoms with Crippen LogP contribution in [0.4, 0.5) is 15.8 Å². The van der Waals surface area contributed by atoms with Gasteiger partial charge in [-0.15, -0.1) is 0 Å². The smallest absolute Gasteiger partial charge is 0.223 e. The van der Waals surface area contributed by atoms with Crippen LogP contribution in [0.5, 0.6) is 11.5 Å². The summed E-state index contributed by atoms with van der Waals surface area (Å²) in [5, 5.41) is 9.21. The molecule has 0 N–H and O–H groups in total. The van der Waals surface area contributed by atoms with E-state index in [0.29, 0.717) is 17.2 Å². The van der Waals surface area contributed by atoms with Gasteiger partial charge in [-0.2, -0.15) is 5.26 Å². The van der Waals surface area contributed by atoms with Crippen LogP contribution in [0.1, 0.15) is 0 Å². The first-order valence-corrected chi connectivity index (χ1v) is 8.58. The minimum Gasteiger partial charge on any atom is -0.497 e. The number of anilines is 2. The second-order valence-corrected chi connectivity index (χ2v) is 6.99. The predicted octanol–water partition coefficient (Wildman–Crippen LogP) is 3.13. The number of ether oxygens (including phenoxy) is 2. The van der Waals surface area contributed by atoms with E-state index in [9.17, 15) is 18.1 Å². The van der Waals surface area contributed by atoms with Crippen LogP contribution in [-0.4, -0.2) is 22.6 Å². The van der Waals surface area contributed by atoms with Crippen molar-refractivity contribution in [2.45, 2.75) is 4.90 Å². The van der Waals surface area contributed by atoms with E-state index in [1.165, 1.54) is 31.3 Å². The lowest BCUT2D eigenvalue weighted by atomic mass is 10.2. The minimum absolute atomic E-state index is 0.106. The van der Waals surface area contributed by atoms with E-state index in [1.54, 1.807) is 24.3 Å². The molecule has 1 aliphatic heterocycles. The van der Waals surface area contributed by atoms with Crippen LogP contribution in [0, 0.1) is 17.1 Å². The van der Waals surface area contributed by atoms with Gasteiger partial charge < -0.3 is 14.4 Å². The third-order valence-electron chi connectivity index (χ3n) is 3.73. The van der Waals surface area contributed by atoms with Crippen LogP contribution < -0.4 is 14.4 Å². The van der Waals surface area contributed by atoms with E-state index in [0.717, 1.165) is 12.3 Å². The van der Waals surface area contributed by atoms with Gasteiger partial charge >= 0.3 is 0 Å². The summed E-state index contributed by atoms with van der Waals surface area (Å²) in [6.45, 7) is 0. The largest absolute Gasteiger partial charge is 0.497 e. The maximum absolute atomic E-state index is 14.3. The van der Waals surface area contributed by atoms with Gasteiger partial charge in [0.15, 0.2) is 4.91 Å². The van der Waals surface area contributed by atoms with Crippen LogP contribution in [0.25, 0.3) is 0 Å². The molecule has 0 radical (unpaired) electrons. The van der Waals surface area contributed by atoms with Crippen LogP contribution in [0.15, 0.2) is 52.4 Å². The molecule has 2 aromatic rings. The minimum atomic E-state index is -4.22. The predicted molar refractivity (Wildman–Crippen MR) is 89.0 cm³/mol. The Kier molecular flexibility index (Phi) is 4.10. The Balaban J connectivity index is 2.31. The van der Waals surface area contributed by atoms with E-state index < -0.39 is 25.5 Å². The molecular weight excluding hydrogens is 347 g/mol. The molecule has 0 unspecified atom stereocenters. The van der Waals surface area contributed by atoms with Crippen molar-refractivity contribution >= 4 is 21.2 Å². The Morgan fingerprint density at radius 1 is 1.12 bits per heavy atom. The number of allylic oxidation sites excluding steroid dienone is 1. The standard InChI is InChI=1S/C17H13FN2O4S/c1-23-12-6-11(7-13(8-12)24-2)20-10-14(9-19)25(21,22)17-15(18)4-3-5-16(17)20/h3-8,10H,1-2H3. The molecule has 0 amide bonds. The molecule has 0 fully saturated rings. The van der Waals surface area contributed by atoms with E-state index in [4.69, 9.17) is 9.47 Å². The molecule has 1 aliphatic rings. The molecule has 0 bridgehead atoms. The first-order chi connectivity index (χ1) is 11.9. The first kappa shape index (κ1) is 16.8. The highest BCUT2D eigenvalue weighted by molar-refractivity contribution is 7.95. The number of hydrogen-bond acceptors (Lipinski definition) is 6. The topological polar surface area (TPSA) is 79.6 Å². The van der Waals surface area contributed by atoms with E-state index >= 15 is 0 Å². The van der Waals surface area contributed by atoms with Gasteiger partial charge in [0, 0.05) is 24.4 Å². The molecule has 8 heteroatoms. The summed E-state index contributed by atoms with van der Waals surface area (Å²) in [6.07, 6.45) is 1.16. The molecule has 2 aromatic carbocycles. The summed E-state index contributed by atoms with van der Waals surface area (Å²) in [5.74, 6) is 0.0125. The fourth-order valence-electron chi connectivity index (χ4n) is 2.55. The first-order valence-electron chi connectivity index (χ1n) is 7.10. The Bertz CT molecular complexity index is 1000. The highest BCUT2D eigenvalue weighted by Crippen LogP contribution is 2.42. The summed E-state index contributed by atoms with van der Waals surface area (Å²) in [4.78, 5) is 0.339. The highest BCUT2D eigenvalue weighted by Gasteiger charge is 2.35. The SMILES string of the molecule is COc1cc(OC)cc(N2C=C(C#N)S(=O)(=O)c3c(F)cccc32)c1. The number of nitrogens with zero attached hydrogens (tertiary/aromatic N) is 2. The van der Waals surface area contributed by atoms with Crippen molar-refractivity contribution in [2.24, 2.45) is 0 Å². The Hall–Kier alpha value is -3.05. The summed E-state index contributed by atoms with van der Waals surface area (Å²) >= 11 is 0. The summed E-state index contributed by atoms with van der Waals surface area (Å²) in [5.41, 5.74) is 0.569. The van der Waals surface area contributed by atoms with Crippen molar-refractivity contribution in [3.8, 4) is 17.6 Å². The molecule has 0 saturated carbocycles. The molecule has 0 aromatic heterocycles. The van der Waals surface area contributed by atoms with Crippen molar-refractivity contribution in [2.75, 3.05) is 19.1 Å². The zero-order valence-corrected chi connectivity index (χ0v) is 14.2. The van der Waals surface area contributed by atoms with E-state index in [1.807, 2.05) is 0 Å². The lowest BCUT2D eigenvalue weighted by Gasteiger charge is -2.28. The molecule has 0 atom stereocenters. The molecule has 3 rings (SSSR count). The van der Waals surface area contributed by atoms with Crippen molar-refractivity contribution in [3.05, 3.63) is 53.3 Å². The monoisotopic (exact) mass is 360 g/mol. The lowest BCUT2D eigenvalue weighted by molar-refractivity contribution is 0.394. The number of fused-ring (bicyclic) bond motifs is 1. The number of rotatable bonds is 3. The average molecular weight is 360 g/mol. The van der Waals surface area contributed by atoms with Gasteiger partial charge in [-0.05, 0) is 12.1 Å². The quantitative estimate of drug-likeness (QED) is 0.837. The molecule has 128 valence electrons. The number of benzene rings is 2. The van der Waals surface area contributed by atoms with Gasteiger partial charge in [0.2, 0.25) is 9.84 Å². The van der Waals surface area contributed by atoms with Gasteiger partial charge in [0.1, 0.15) is 28.3 Å². The second-order valence-electron chi connectivity index (χ2n) is 5.14. The lowest BCUT2D eigenvalue weighted by Crippen LogP contribution is -2.22. The maximum Gasteiger partial charge on any atom is 0.223 e. The Morgan fingerprint density at radius 3 is 2.32 bits per heavy atom. The number of methoxy groups -OCH3 is 2. The van der Waals surface area contributed by atoms with Crippen molar-refractivity contribution < 1.29 is 22.3 Å². The summed E-state index contributed by atoms with van der Waals surface area (Å²) in [7, 11) is -1.26. The van der Waals surface area contributed by atoms with Gasteiger partial charge in [-0.1, -0.05) is 6.07 Å². The highest BCUT2D eigenvalue weighted by atomic mass is 32.2. The van der Waals surface area contributed by atoms with E-state index in [2.05, 4.69) is 0 Å². The third kappa shape index (κ3) is 2.68. The number of halogens is 1. The second kappa shape index (κ2) is 6.11. The fraction of sp³-hybridized carbons (Fsp3) is 0.118. The zero-order chi connectivity index (χ0) is 18.2. The fourth-order valence-corrected chi connectivity index (χ4v) is 3.90. The summed E-state index contributed by atoms with van der Waals surface area (Å²) in [6, 6.07) is 10.4. The number of sulfone groups is 1. The number of nitriles is 1. The molecule has 6 nitrogen and oxygen atoms in total. The van der Waals surface area contributed by atoms with Crippen LogP contribution in [0.2, 0.25) is 0 Å². The van der Waals surface area contributed by atoms with Gasteiger partial charge in [-0.3, -0.25) is 0 Å². The van der Waals surface area contributed by atoms with Crippen LogP contribution >= 0.6 is 0 Å². The Morgan fingerprint density at radius 2 is 1.76 bits per heavy atom. The van der Waals surface area contributed by atoms with Crippen LogP contribution in [-0.2, 0) is 9.84 Å². The molecular formula is C17H13FN2O4S. The normalized spacial score (nSPS) is 15.0. The van der Waals surface area contributed by atoms with Gasteiger partial charge in [-0.25, -0.2) is 12.8 Å². The van der Waals surface area contributed by atoms with Crippen molar-refractivity contribution in [3.63, 3.8) is 0 Å². The molecule has 0 saturated heterocycles. The van der Waals surface area contributed by atoms with Crippen molar-refractivity contribution in [1.29, 1.82) is 5.26 Å². The molecule has 0 spiro atoms. The molecule has 1 heterocycles. The molecule has 0 aliphatic carbocycles. The van der Waals surface area contributed by atoms with Gasteiger partial charge in [0.25, 0.3) is 0 Å². The van der Waals surface area contributed by atoms with Crippen LogP contribution in [0.3, 0.4) is 0 Å². The van der Waals surface area contributed by atoms with E-state index in [-0.39, 0.29) is 5.69 Å². The zero-order valence-electron chi connectivity index (χ0n) is 13.4. The van der Waals surface area contributed by atoms with Gasteiger partial charge in [0.05, 0.1) is 25.6 Å². The Labute approximate surface area is 144 Å². The third-order valence-corrected chi connectivity index (χ3v) is 5.45. The van der Waals surface area contributed by atoms with Crippen molar-refractivity contribution in [1.82, 2.24) is 0 Å². The summed E-state index contributed by atoms with van der Waals surface area (Å²) < 4.78 is 49.6. The molecule has 25 heavy (non-hydrogen) atoms. The number of hydrogen-bond donors (Lipinski definition) is 0. The average Bonchev–Trinajstić information content (AvgIpc) is 2.61. The maximum atomic E-state index is 14.3.